The summed E-state index contributed by atoms with van der Waals surface area (Å²) in [5, 5.41) is 8.99. The second kappa shape index (κ2) is 9.69. The minimum absolute atomic E-state index is 0.0245. The Bertz CT molecular complexity index is 1050. The van der Waals surface area contributed by atoms with E-state index in [4.69, 9.17) is 5.11 Å². The Morgan fingerprint density at radius 1 is 1.00 bits per heavy atom. The zero-order valence-corrected chi connectivity index (χ0v) is 16.5. The fourth-order valence-corrected chi connectivity index (χ4v) is 3.39. The highest BCUT2D eigenvalue weighted by Crippen LogP contribution is 2.18. The first-order valence-electron chi connectivity index (χ1n) is 9.76. The molecule has 0 saturated carbocycles. The third-order valence-corrected chi connectivity index (χ3v) is 4.92. The average molecular weight is 387 g/mol. The number of benzene rings is 2. The molecule has 0 radical (unpaired) electrons. The van der Waals surface area contributed by atoms with Gasteiger partial charge in [-0.1, -0.05) is 72.8 Å². The average Bonchev–Trinajstić information content (AvgIpc) is 2.72. The van der Waals surface area contributed by atoms with Gasteiger partial charge in [0.25, 0.3) is 5.56 Å². The van der Waals surface area contributed by atoms with Gasteiger partial charge in [-0.2, -0.15) is 0 Å². The van der Waals surface area contributed by atoms with Crippen molar-refractivity contribution < 1.29 is 9.90 Å². The molecule has 0 spiro atoms. The molecule has 2 aromatic carbocycles. The van der Waals surface area contributed by atoms with Gasteiger partial charge in [-0.15, -0.1) is 0 Å². The number of hydrogen-bond donors (Lipinski definition) is 1. The molecule has 0 fully saturated rings. The fraction of sp³-hybridized carbons (Fsp3) is 0.200. The van der Waals surface area contributed by atoms with Crippen LogP contribution in [-0.4, -0.2) is 15.6 Å². The highest BCUT2D eigenvalue weighted by atomic mass is 16.4. The van der Waals surface area contributed by atoms with Crippen molar-refractivity contribution in [3.63, 3.8) is 0 Å². The monoisotopic (exact) mass is 387 g/mol. The number of aliphatic carboxylic acids is 1. The lowest BCUT2D eigenvalue weighted by Gasteiger charge is -2.14. The molecule has 148 valence electrons. The van der Waals surface area contributed by atoms with Crippen LogP contribution < -0.4 is 5.56 Å². The number of nitrogens with zero attached hydrogens (tertiary/aromatic N) is 1. The molecule has 3 aromatic rings. The van der Waals surface area contributed by atoms with Crippen LogP contribution in [0.25, 0.3) is 12.2 Å². The van der Waals surface area contributed by atoms with E-state index in [2.05, 4.69) is 0 Å². The third-order valence-electron chi connectivity index (χ3n) is 4.92. The predicted molar refractivity (Wildman–Crippen MR) is 117 cm³/mol. The quantitative estimate of drug-likeness (QED) is 0.605. The number of aromatic nitrogens is 1. The number of rotatable bonds is 8. The molecule has 0 aliphatic heterocycles. The molecule has 3 rings (SSSR count). The van der Waals surface area contributed by atoms with Crippen LogP contribution in [0, 0.1) is 6.92 Å². The Hall–Kier alpha value is -3.40. The maximum atomic E-state index is 13.0. The number of carboxylic acids is 1. The van der Waals surface area contributed by atoms with E-state index in [0.717, 1.165) is 22.3 Å². The number of hydrogen-bond acceptors (Lipinski definition) is 2. The molecule has 0 saturated heterocycles. The Kier molecular flexibility index (Phi) is 6.80. The van der Waals surface area contributed by atoms with Crippen LogP contribution >= 0.6 is 0 Å². The Morgan fingerprint density at radius 3 is 2.31 bits per heavy atom. The first-order valence-corrected chi connectivity index (χ1v) is 9.76. The molecule has 0 aliphatic carbocycles. The van der Waals surface area contributed by atoms with E-state index in [1.807, 2.05) is 85.9 Å². The Morgan fingerprint density at radius 2 is 1.66 bits per heavy atom. The molecule has 29 heavy (non-hydrogen) atoms. The minimum Gasteiger partial charge on any atom is -0.481 e. The molecule has 4 heteroatoms. The number of pyridine rings is 1. The first kappa shape index (κ1) is 20.3. The van der Waals surface area contributed by atoms with Crippen molar-refractivity contribution in [1.29, 1.82) is 0 Å². The van der Waals surface area contributed by atoms with Crippen LogP contribution in [-0.2, 0) is 17.8 Å². The molecule has 0 bridgehead atoms. The molecular weight excluding hydrogens is 362 g/mol. The standard InChI is InChI=1S/C25H25NO3/c1-19-23(16-15-20-9-4-2-5-10-20)22(13-8-14-24(27)28)18-26(25(19)29)17-21-11-6-3-7-12-21/h2-7,9-12,15-16,18H,8,13-14,17H2,1H3,(H,27,28). The van der Waals surface area contributed by atoms with Gasteiger partial charge in [0.2, 0.25) is 0 Å². The zero-order valence-electron chi connectivity index (χ0n) is 16.5. The van der Waals surface area contributed by atoms with Crippen LogP contribution in [0.4, 0.5) is 0 Å². The van der Waals surface area contributed by atoms with Gasteiger partial charge < -0.3 is 9.67 Å². The van der Waals surface area contributed by atoms with Gasteiger partial charge in [-0.3, -0.25) is 9.59 Å². The van der Waals surface area contributed by atoms with Gasteiger partial charge in [0.05, 0.1) is 6.54 Å². The van der Waals surface area contributed by atoms with Gasteiger partial charge >= 0.3 is 5.97 Å². The summed E-state index contributed by atoms with van der Waals surface area (Å²) in [6, 6.07) is 19.8. The van der Waals surface area contributed by atoms with Crippen molar-refractivity contribution in [3.8, 4) is 0 Å². The molecule has 0 unspecified atom stereocenters. The van der Waals surface area contributed by atoms with Crippen LogP contribution in [0.2, 0.25) is 0 Å². The van der Waals surface area contributed by atoms with Crippen molar-refractivity contribution in [2.24, 2.45) is 0 Å². The summed E-state index contributed by atoms with van der Waals surface area (Å²) in [5.41, 5.74) is 4.64. The second-order valence-electron chi connectivity index (χ2n) is 7.10. The molecule has 0 atom stereocenters. The molecule has 0 aliphatic rings. The van der Waals surface area contributed by atoms with Gasteiger partial charge in [0.1, 0.15) is 0 Å². The van der Waals surface area contributed by atoms with Gasteiger partial charge in [0.15, 0.2) is 0 Å². The first-order chi connectivity index (χ1) is 14.0. The zero-order chi connectivity index (χ0) is 20.6. The normalized spacial score (nSPS) is 11.1. The maximum absolute atomic E-state index is 13.0. The summed E-state index contributed by atoms with van der Waals surface area (Å²) in [4.78, 5) is 23.9. The SMILES string of the molecule is Cc1c(C=Cc2ccccc2)c(CCCC(=O)O)cn(Cc2ccccc2)c1=O. The Balaban J connectivity index is 1.98. The summed E-state index contributed by atoms with van der Waals surface area (Å²) in [6.07, 6.45) is 7.09. The van der Waals surface area contributed by atoms with Crippen molar-refractivity contribution in [1.82, 2.24) is 4.57 Å². The summed E-state index contributed by atoms with van der Waals surface area (Å²) >= 11 is 0. The van der Waals surface area contributed by atoms with Crippen LogP contribution in [0.15, 0.2) is 71.7 Å². The number of aryl methyl sites for hydroxylation is 1. The fourth-order valence-electron chi connectivity index (χ4n) is 3.39. The largest absolute Gasteiger partial charge is 0.481 e. The minimum atomic E-state index is -0.805. The van der Waals surface area contributed by atoms with E-state index in [-0.39, 0.29) is 12.0 Å². The molecule has 4 nitrogen and oxygen atoms in total. The predicted octanol–water partition coefficient (Wildman–Crippen LogP) is 4.78. The second-order valence-corrected chi connectivity index (χ2v) is 7.10. The van der Waals surface area contributed by atoms with E-state index in [1.54, 1.807) is 4.57 Å². The molecule has 1 heterocycles. The molecule has 1 N–H and O–H groups in total. The topological polar surface area (TPSA) is 59.3 Å². The van der Waals surface area contributed by atoms with E-state index in [0.29, 0.717) is 24.9 Å². The van der Waals surface area contributed by atoms with Crippen molar-refractivity contribution in [2.45, 2.75) is 32.7 Å². The smallest absolute Gasteiger partial charge is 0.303 e. The van der Waals surface area contributed by atoms with Crippen molar-refractivity contribution >= 4 is 18.1 Å². The third kappa shape index (κ3) is 5.55. The summed E-state index contributed by atoms with van der Waals surface area (Å²) in [7, 11) is 0. The lowest BCUT2D eigenvalue weighted by atomic mass is 9.98. The molecule has 0 amide bonds. The van der Waals surface area contributed by atoms with E-state index < -0.39 is 5.97 Å². The summed E-state index contributed by atoms with van der Waals surface area (Å²) in [5.74, 6) is -0.805. The van der Waals surface area contributed by atoms with Crippen molar-refractivity contribution in [2.75, 3.05) is 0 Å². The lowest BCUT2D eigenvalue weighted by Crippen LogP contribution is -2.24. The van der Waals surface area contributed by atoms with E-state index in [1.165, 1.54) is 0 Å². The van der Waals surface area contributed by atoms with Crippen LogP contribution in [0.1, 0.15) is 40.7 Å². The van der Waals surface area contributed by atoms with Crippen molar-refractivity contribution in [3.05, 3.63) is 105 Å². The molecular formula is C25H25NO3. The summed E-state index contributed by atoms with van der Waals surface area (Å²) < 4.78 is 1.72. The highest BCUT2D eigenvalue weighted by Gasteiger charge is 2.12. The van der Waals surface area contributed by atoms with Crippen LogP contribution in [0.3, 0.4) is 0 Å². The molecule has 1 aromatic heterocycles. The van der Waals surface area contributed by atoms with Crippen LogP contribution in [0.5, 0.6) is 0 Å². The Labute approximate surface area is 170 Å². The lowest BCUT2D eigenvalue weighted by molar-refractivity contribution is -0.137. The van der Waals surface area contributed by atoms with Gasteiger partial charge in [-0.25, -0.2) is 0 Å². The maximum Gasteiger partial charge on any atom is 0.303 e. The highest BCUT2D eigenvalue weighted by molar-refractivity contribution is 5.72. The summed E-state index contributed by atoms with van der Waals surface area (Å²) in [6.45, 7) is 2.34. The number of carboxylic acid groups (broad SMARTS) is 1. The van der Waals surface area contributed by atoms with E-state index >= 15 is 0 Å². The van der Waals surface area contributed by atoms with E-state index in [9.17, 15) is 9.59 Å². The number of carbonyl (C=O) groups is 1. The van der Waals surface area contributed by atoms with Gasteiger partial charge in [-0.05, 0) is 42.0 Å². The van der Waals surface area contributed by atoms with Gasteiger partial charge in [0, 0.05) is 18.2 Å².